The number of Topliss-reactive ketones (excluding diaryl/α,β-unsaturated/α-hetero) is 1. The molecule has 0 heterocycles. The normalized spacial score (nSPS) is 25.2. The quantitative estimate of drug-likeness (QED) is 0.268. The second-order valence-corrected chi connectivity index (χ2v) is 6.16. The van der Waals surface area contributed by atoms with Gasteiger partial charge in [-0.3, -0.25) is 4.79 Å². The minimum atomic E-state index is -0.874. The summed E-state index contributed by atoms with van der Waals surface area (Å²) in [5.74, 6) is 0.0607. The third kappa shape index (κ3) is 2.74. The summed E-state index contributed by atoms with van der Waals surface area (Å²) in [6.45, 7) is 1.75. The fraction of sp³-hybridized carbons (Fsp3) is 0.429. The third-order valence-electron chi connectivity index (χ3n) is 3.54. The minimum Gasteiger partial charge on any atom is -0.623 e. The van der Waals surface area contributed by atoms with Gasteiger partial charge >= 0.3 is 0 Å². The van der Waals surface area contributed by atoms with E-state index in [1.165, 1.54) is 6.21 Å². The number of carbonyl (C=O) groups is 1. The SMILES string of the molecule is CC1([N+]([O-])=Cc2ccc(I)cc2)CCCCC1=O. The van der Waals surface area contributed by atoms with Crippen LogP contribution in [0.15, 0.2) is 24.3 Å². The van der Waals surface area contributed by atoms with Crippen LogP contribution >= 0.6 is 22.6 Å². The van der Waals surface area contributed by atoms with E-state index in [0.29, 0.717) is 12.8 Å². The van der Waals surface area contributed by atoms with Gasteiger partial charge in [0.15, 0.2) is 6.21 Å². The molecule has 0 aromatic heterocycles. The van der Waals surface area contributed by atoms with E-state index in [1.54, 1.807) is 6.92 Å². The lowest BCUT2D eigenvalue weighted by Crippen LogP contribution is -2.46. The molecule has 1 unspecified atom stereocenters. The fourth-order valence-corrected chi connectivity index (χ4v) is 2.58. The highest BCUT2D eigenvalue weighted by Gasteiger charge is 2.42. The largest absolute Gasteiger partial charge is 0.623 e. The summed E-state index contributed by atoms with van der Waals surface area (Å²) in [7, 11) is 0. The van der Waals surface area contributed by atoms with Crippen molar-refractivity contribution in [3.8, 4) is 0 Å². The van der Waals surface area contributed by atoms with E-state index in [1.807, 2.05) is 24.3 Å². The van der Waals surface area contributed by atoms with Gasteiger partial charge in [-0.25, -0.2) is 0 Å². The van der Waals surface area contributed by atoms with E-state index in [-0.39, 0.29) is 5.78 Å². The number of halogens is 1. The van der Waals surface area contributed by atoms with Crippen molar-refractivity contribution in [2.24, 2.45) is 0 Å². The van der Waals surface area contributed by atoms with Gasteiger partial charge in [0.2, 0.25) is 11.3 Å². The zero-order chi connectivity index (χ0) is 13.2. The molecule has 1 aliphatic rings. The molecule has 4 heteroatoms. The molecule has 1 aromatic carbocycles. The van der Waals surface area contributed by atoms with Gasteiger partial charge in [-0.1, -0.05) is 0 Å². The Bertz CT molecular complexity index is 481. The van der Waals surface area contributed by atoms with Gasteiger partial charge in [-0.15, -0.1) is 0 Å². The highest BCUT2D eigenvalue weighted by atomic mass is 127. The summed E-state index contributed by atoms with van der Waals surface area (Å²) < 4.78 is 1.97. The number of hydrogen-bond acceptors (Lipinski definition) is 2. The van der Waals surface area contributed by atoms with Crippen LogP contribution < -0.4 is 0 Å². The molecule has 96 valence electrons. The van der Waals surface area contributed by atoms with Gasteiger partial charge in [-0.05, 0) is 59.7 Å². The van der Waals surface area contributed by atoms with Crippen molar-refractivity contribution < 1.29 is 9.53 Å². The summed E-state index contributed by atoms with van der Waals surface area (Å²) in [5, 5.41) is 12.2. The van der Waals surface area contributed by atoms with E-state index in [4.69, 9.17) is 0 Å². The van der Waals surface area contributed by atoms with Crippen LogP contribution in [0.3, 0.4) is 0 Å². The number of rotatable bonds is 2. The van der Waals surface area contributed by atoms with E-state index in [2.05, 4.69) is 22.6 Å². The van der Waals surface area contributed by atoms with Crippen molar-refractivity contribution >= 4 is 34.6 Å². The molecule has 18 heavy (non-hydrogen) atoms. The molecular formula is C14H16INO2. The number of nitrogens with zero attached hydrogens (tertiary/aromatic N) is 1. The Labute approximate surface area is 121 Å². The molecule has 1 aliphatic carbocycles. The van der Waals surface area contributed by atoms with E-state index in [9.17, 15) is 10.0 Å². The highest BCUT2D eigenvalue weighted by molar-refractivity contribution is 14.1. The fourth-order valence-electron chi connectivity index (χ4n) is 2.22. The molecule has 0 bridgehead atoms. The summed E-state index contributed by atoms with van der Waals surface area (Å²) in [4.78, 5) is 11.9. The number of ketones is 1. The van der Waals surface area contributed by atoms with Crippen molar-refractivity contribution in [3.05, 3.63) is 38.6 Å². The average Bonchev–Trinajstić information content (AvgIpc) is 2.36. The van der Waals surface area contributed by atoms with Crippen LogP contribution in [0.1, 0.15) is 38.2 Å². The maximum absolute atomic E-state index is 12.2. The second kappa shape index (κ2) is 5.38. The van der Waals surface area contributed by atoms with Crippen LogP contribution in [0, 0.1) is 8.78 Å². The van der Waals surface area contributed by atoms with Crippen molar-refractivity contribution in [1.29, 1.82) is 0 Å². The van der Waals surface area contributed by atoms with E-state index in [0.717, 1.165) is 26.7 Å². The number of hydrogen-bond donors (Lipinski definition) is 0. The van der Waals surface area contributed by atoms with E-state index >= 15 is 0 Å². The van der Waals surface area contributed by atoms with Crippen molar-refractivity contribution in [3.63, 3.8) is 0 Å². The first kappa shape index (κ1) is 13.5. The first-order valence-corrected chi connectivity index (χ1v) is 7.20. The van der Waals surface area contributed by atoms with Crippen LogP contribution in [-0.2, 0) is 4.79 Å². The average molecular weight is 357 g/mol. The second-order valence-electron chi connectivity index (χ2n) is 4.91. The molecule has 1 saturated carbocycles. The zero-order valence-corrected chi connectivity index (χ0v) is 12.5. The minimum absolute atomic E-state index is 0.0607. The summed E-state index contributed by atoms with van der Waals surface area (Å²) >= 11 is 2.22. The Kier molecular flexibility index (Phi) is 4.04. The topological polar surface area (TPSA) is 43.1 Å². The van der Waals surface area contributed by atoms with Gasteiger partial charge in [0, 0.05) is 28.9 Å². The molecule has 0 radical (unpaired) electrons. The molecule has 0 spiro atoms. The van der Waals surface area contributed by atoms with Gasteiger partial charge < -0.3 is 5.21 Å². The Morgan fingerprint density at radius 2 is 2.00 bits per heavy atom. The lowest BCUT2D eigenvalue weighted by Gasteiger charge is -2.30. The predicted molar refractivity (Wildman–Crippen MR) is 79.8 cm³/mol. The molecule has 0 N–H and O–H groups in total. The Morgan fingerprint density at radius 3 is 2.61 bits per heavy atom. The van der Waals surface area contributed by atoms with Gasteiger partial charge in [-0.2, -0.15) is 4.74 Å². The first-order chi connectivity index (χ1) is 8.52. The van der Waals surface area contributed by atoms with Crippen LogP contribution in [-0.4, -0.2) is 22.3 Å². The summed E-state index contributed by atoms with van der Waals surface area (Å²) in [6.07, 6.45) is 4.55. The molecule has 3 nitrogen and oxygen atoms in total. The molecule has 0 saturated heterocycles. The monoisotopic (exact) mass is 357 g/mol. The predicted octanol–water partition coefficient (Wildman–Crippen LogP) is 3.12. The molecule has 1 fully saturated rings. The third-order valence-corrected chi connectivity index (χ3v) is 4.26. The molecular weight excluding hydrogens is 341 g/mol. The lowest BCUT2D eigenvalue weighted by molar-refractivity contribution is -0.525. The highest BCUT2D eigenvalue weighted by Crippen LogP contribution is 2.27. The Morgan fingerprint density at radius 1 is 1.33 bits per heavy atom. The number of benzene rings is 1. The van der Waals surface area contributed by atoms with E-state index < -0.39 is 5.54 Å². The summed E-state index contributed by atoms with van der Waals surface area (Å²) in [5.41, 5.74) is -0.0358. The van der Waals surface area contributed by atoms with Crippen LogP contribution in [0.2, 0.25) is 0 Å². The molecule has 2 rings (SSSR count). The molecule has 1 aromatic rings. The van der Waals surface area contributed by atoms with Crippen molar-refractivity contribution in [2.75, 3.05) is 0 Å². The van der Waals surface area contributed by atoms with Gasteiger partial charge in [0.25, 0.3) is 0 Å². The Balaban J connectivity index is 2.26. The number of carbonyl (C=O) groups excluding carboxylic acids is 1. The van der Waals surface area contributed by atoms with Crippen LogP contribution in [0.5, 0.6) is 0 Å². The smallest absolute Gasteiger partial charge is 0.227 e. The van der Waals surface area contributed by atoms with Crippen LogP contribution in [0.4, 0.5) is 0 Å². The van der Waals surface area contributed by atoms with Crippen molar-refractivity contribution in [1.82, 2.24) is 0 Å². The zero-order valence-electron chi connectivity index (χ0n) is 10.4. The maximum atomic E-state index is 12.2. The van der Waals surface area contributed by atoms with Crippen LogP contribution in [0.25, 0.3) is 0 Å². The standard InChI is InChI=1S/C14H16INO2/c1-14(9-3-2-4-13(14)17)16(18)10-11-5-7-12(15)8-6-11/h5-8,10H,2-4,9H2,1H3. The molecule has 0 aliphatic heterocycles. The van der Waals surface area contributed by atoms with Crippen molar-refractivity contribution in [2.45, 2.75) is 38.1 Å². The van der Waals surface area contributed by atoms with Gasteiger partial charge in [0.1, 0.15) is 0 Å². The number of hydroxylamine groups is 1. The summed E-state index contributed by atoms with van der Waals surface area (Å²) in [6, 6.07) is 7.68. The lowest BCUT2D eigenvalue weighted by atomic mass is 9.82. The first-order valence-electron chi connectivity index (χ1n) is 6.12. The molecule has 1 atom stereocenters. The molecule has 0 amide bonds. The van der Waals surface area contributed by atoms with Gasteiger partial charge in [0.05, 0.1) is 0 Å². The maximum Gasteiger partial charge on any atom is 0.227 e. The Hall–Kier alpha value is -0.910.